The minimum atomic E-state index is -1.21. The van der Waals surface area contributed by atoms with Gasteiger partial charge in [0.25, 0.3) is 0 Å². The predicted octanol–water partition coefficient (Wildman–Crippen LogP) is 5.14. The number of fused-ring (bicyclic) bond motifs is 1. The summed E-state index contributed by atoms with van der Waals surface area (Å²) in [7, 11) is 0. The second-order valence-corrected chi connectivity index (χ2v) is 6.04. The summed E-state index contributed by atoms with van der Waals surface area (Å²) in [5, 5.41) is 11.7. The Morgan fingerprint density at radius 1 is 1.00 bits per heavy atom. The summed E-state index contributed by atoms with van der Waals surface area (Å²) in [6, 6.07) is 22.1. The molecule has 0 saturated carbocycles. The molecule has 0 heterocycles. The summed E-state index contributed by atoms with van der Waals surface area (Å²) < 4.78 is 5.69. The maximum absolute atomic E-state index is 11.4. The number of benzene rings is 3. The fourth-order valence-corrected chi connectivity index (χ4v) is 2.71. The molecule has 0 aromatic heterocycles. The zero-order valence-electron chi connectivity index (χ0n) is 13.8. The van der Waals surface area contributed by atoms with Gasteiger partial charge in [-0.1, -0.05) is 61.5 Å². The summed E-state index contributed by atoms with van der Waals surface area (Å²) in [4.78, 5) is 11.4. The molecular formula is C21H20O3. The van der Waals surface area contributed by atoms with Gasteiger partial charge in [-0.2, -0.15) is 0 Å². The Balaban J connectivity index is 1.93. The number of rotatable bonds is 5. The van der Waals surface area contributed by atoms with Crippen LogP contribution in [0.2, 0.25) is 0 Å². The zero-order valence-corrected chi connectivity index (χ0v) is 13.8. The SMILES string of the molecule is CC[C@](C)(Oc1ccc(-c2cccc3ccccc23)cc1)C(=O)O. The topological polar surface area (TPSA) is 46.5 Å². The Morgan fingerprint density at radius 2 is 1.67 bits per heavy atom. The molecule has 1 atom stereocenters. The lowest BCUT2D eigenvalue weighted by atomic mass is 9.98. The molecule has 0 bridgehead atoms. The smallest absolute Gasteiger partial charge is 0.347 e. The van der Waals surface area contributed by atoms with E-state index in [0.717, 1.165) is 11.1 Å². The minimum Gasteiger partial charge on any atom is -0.478 e. The molecule has 3 aromatic rings. The van der Waals surface area contributed by atoms with Crippen LogP contribution in [-0.2, 0) is 4.79 Å². The van der Waals surface area contributed by atoms with Crippen molar-refractivity contribution in [3.05, 3.63) is 66.7 Å². The van der Waals surface area contributed by atoms with Crippen LogP contribution in [0.4, 0.5) is 0 Å². The third-order valence-electron chi connectivity index (χ3n) is 4.43. The lowest BCUT2D eigenvalue weighted by Crippen LogP contribution is -2.40. The number of hydrogen-bond donors (Lipinski definition) is 1. The monoisotopic (exact) mass is 320 g/mol. The Hall–Kier alpha value is -2.81. The molecular weight excluding hydrogens is 300 g/mol. The van der Waals surface area contributed by atoms with E-state index in [2.05, 4.69) is 24.3 Å². The van der Waals surface area contributed by atoms with Gasteiger partial charge in [0.15, 0.2) is 0 Å². The van der Waals surface area contributed by atoms with Crippen molar-refractivity contribution >= 4 is 16.7 Å². The second-order valence-electron chi connectivity index (χ2n) is 6.04. The van der Waals surface area contributed by atoms with Gasteiger partial charge in [-0.15, -0.1) is 0 Å². The normalized spacial score (nSPS) is 13.4. The van der Waals surface area contributed by atoms with Crippen LogP contribution in [0.3, 0.4) is 0 Å². The average Bonchev–Trinajstić information content (AvgIpc) is 2.61. The van der Waals surface area contributed by atoms with Crippen molar-refractivity contribution in [2.75, 3.05) is 0 Å². The predicted molar refractivity (Wildman–Crippen MR) is 96.3 cm³/mol. The summed E-state index contributed by atoms with van der Waals surface area (Å²) in [6.07, 6.45) is 0.396. The highest BCUT2D eigenvalue weighted by atomic mass is 16.5. The first-order valence-electron chi connectivity index (χ1n) is 8.04. The summed E-state index contributed by atoms with van der Waals surface area (Å²) in [5.41, 5.74) is 1.02. The Kier molecular flexibility index (Phi) is 4.26. The number of hydrogen-bond acceptors (Lipinski definition) is 2. The van der Waals surface area contributed by atoms with Crippen molar-refractivity contribution in [1.82, 2.24) is 0 Å². The fourth-order valence-electron chi connectivity index (χ4n) is 2.71. The highest BCUT2D eigenvalue weighted by molar-refractivity contribution is 5.96. The number of carboxylic acids is 1. The molecule has 3 aromatic carbocycles. The second kappa shape index (κ2) is 6.36. The lowest BCUT2D eigenvalue weighted by molar-refractivity contribution is -0.154. The Labute approximate surface area is 141 Å². The molecule has 0 amide bonds. The number of carbonyl (C=O) groups is 1. The van der Waals surface area contributed by atoms with Crippen LogP contribution in [0.1, 0.15) is 20.3 Å². The van der Waals surface area contributed by atoms with Gasteiger partial charge in [0.05, 0.1) is 0 Å². The molecule has 0 saturated heterocycles. The molecule has 1 N–H and O–H groups in total. The molecule has 0 unspecified atom stereocenters. The van der Waals surface area contributed by atoms with E-state index >= 15 is 0 Å². The Bertz CT molecular complexity index is 862. The number of aliphatic carboxylic acids is 1. The average molecular weight is 320 g/mol. The van der Waals surface area contributed by atoms with Gasteiger partial charge in [-0.05, 0) is 47.4 Å². The van der Waals surface area contributed by atoms with Crippen LogP contribution in [0.15, 0.2) is 66.7 Å². The highest BCUT2D eigenvalue weighted by Crippen LogP contribution is 2.30. The summed E-state index contributed by atoms with van der Waals surface area (Å²) in [5.74, 6) is -0.395. The van der Waals surface area contributed by atoms with Crippen LogP contribution < -0.4 is 4.74 Å². The van der Waals surface area contributed by atoms with E-state index in [-0.39, 0.29) is 0 Å². The highest BCUT2D eigenvalue weighted by Gasteiger charge is 2.33. The molecule has 3 nitrogen and oxygen atoms in total. The van der Waals surface area contributed by atoms with Crippen LogP contribution in [0.5, 0.6) is 5.75 Å². The van der Waals surface area contributed by atoms with Crippen LogP contribution >= 0.6 is 0 Å². The summed E-state index contributed by atoms with van der Waals surface area (Å²) in [6.45, 7) is 3.40. The van der Waals surface area contributed by atoms with Crippen LogP contribution in [-0.4, -0.2) is 16.7 Å². The standard InChI is InChI=1S/C21H20O3/c1-3-21(2,20(22)23)24-17-13-11-16(12-14-17)19-10-6-8-15-7-4-5-9-18(15)19/h4-14H,3H2,1-2H3,(H,22,23)/t21-/m0/s1. The molecule has 0 aliphatic rings. The third-order valence-corrected chi connectivity index (χ3v) is 4.43. The third kappa shape index (κ3) is 2.98. The van der Waals surface area contributed by atoms with E-state index in [1.165, 1.54) is 10.8 Å². The first kappa shape index (κ1) is 16.1. The number of ether oxygens (including phenoxy) is 1. The molecule has 0 spiro atoms. The first-order chi connectivity index (χ1) is 11.5. The first-order valence-corrected chi connectivity index (χ1v) is 8.04. The number of carboxylic acid groups (broad SMARTS) is 1. The molecule has 0 fully saturated rings. The van der Waals surface area contributed by atoms with Crippen molar-refractivity contribution in [3.8, 4) is 16.9 Å². The van der Waals surface area contributed by atoms with Gasteiger partial charge in [0.2, 0.25) is 5.60 Å². The van der Waals surface area contributed by atoms with Crippen molar-refractivity contribution in [2.45, 2.75) is 25.9 Å². The summed E-state index contributed by atoms with van der Waals surface area (Å²) >= 11 is 0. The molecule has 0 radical (unpaired) electrons. The zero-order chi connectivity index (χ0) is 17.2. The van der Waals surface area contributed by atoms with E-state index in [4.69, 9.17) is 4.74 Å². The van der Waals surface area contributed by atoms with Gasteiger partial charge >= 0.3 is 5.97 Å². The molecule has 0 aliphatic heterocycles. The molecule has 24 heavy (non-hydrogen) atoms. The molecule has 122 valence electrons. The van der Waals surface area contributed by atoms with E-state index in [0.29, 0.717) is 12.2 Å². The minimum absolute atomic E-state index is 0.396. The maximum atomic E-state index is 11.4. The van der Waals surface area contributed by atoms with Crippen molar-refractivity contribution < 1.29 is 14.6 Å². The van der Waals surface area contributed by atoms with Crippen molar-refractivity contribution in [2.24, 2.45) is 0 Å². The van der Waals surface area contributed by atoms with Gasteiger partial charge in [-0.25, -0.2) is 4.79 Å². The van der Waals surface area contributed by atoms with Gasteiger partial charge in [-0.3, -0.25) is 0 Å². The quantitative estimate of drug-likeness (QED) is 0.708. The van der Waals surface area contributed by atoms with Crippen molar-refractivity contribution in [1.29, 1.82) is 0 Å². The van der Waals surface area contributed by atoms with E-state index in [9.17, 15) is 9.90 Å². The van der Waals surface area contributed by atoms with E-state index in [1.807, 2.05) is 42.5 Å². The lowest BCUT2D eigenvalue weighted by Gasteiger charge is -2.24. The van der Waals surface area contributed by atoms with Crippen LogP contribution in [0, 0.1) is 0 Å². The maximum Gasteiger partial charge on any atom is 0.347 e. The fraction of sp³-hybridized carbons (Fsp3) is 0.190. The largest absolute Gasteiger partial charge is 0.478 e. The van der Waals surface area contributed by atoms with Gasteiger partial charge in [0, 0.05) is 0 Å². The van der Waals surface area contributed by atoms with Gasteiger partial charge < -0.3 is 9.84 Å². The van der Waals surface area contributed by atoms with Crippen LogP contribution in [0.25, 0.3) is 21.9 Å². The van der Waals surface area contributed by atoms with Gasteiger partial charge in [0.1, 0.15) is 5.75 Å². The molecule has 3 heteroatoms. The Morgan fingerprint density at radius 3 is 2.33 bits per heavy atom. The molecule has 0 aliphatic carbocycles. The van der Waals surface area contributed by atoms with E-state index < -0.39 is 11.6 Å². The van der Waals surface area contributed by atoms with E-state index in [1.54, 1.807) is 13.8 Å². The molecule has 3 rings (SSSR count). The van der Waals surface area contributed by atoms with Crippen molar-refractivity contribution in [3.63, 3.8) is 0 Å².